The van der Waals surface area contributed by atoms with E-state index in [9.17, 15) is 0 Å². The van der Waals surface area contributed by atoms with Gasteiger partial charge in [-0.15, -0.1) is 36.2 Å². The molecular formula is C21H31Cl2N5O2S. The first-order valence-electron chi connectivity index (χ1n) is 9.02. The van der Waals surface area contributed by atoms with Gasteiger partial charge in [-0.05, 0) is 45.9 Å². The lowest BCUT2D eigenvalue weighted by molar-refractivity contribution is 0.823. The van der Waals surface area contributed by atoms with Crippen molar-refractivity contribution in [1.82, 2.24) is 4.98 Å². The van der Waals surface area contributed by atoms with Crippen LogP contribution in [-0.4, -0.2) is 39.7 Å². The summed E-state index contributed by atoms with van der Waals surface area (Å²) in [6.07, 6.45) is 0. The van der Waals surface area contributed by atoms with Crippen LogP contribution in [0.2, 0.25) is 0 Å². The van der Waals surface area contributed by atoms with E-state index in [1.54, 1.807) is 11.3 Å². The maximum atomic E-state index is 6.10. The molecule has 1 heterocycles. The molecule has 172 valence electrons. The first kappa shape index (κ1) is 31.0. The Morgan fingerprint density at radius 1 is 0.806 bits per heavy atom. The fraction of sp³-hybridized carbons (Fsp3) is 0.286. The van der Waals surface area contributed by atoms with Crippen molar-refractivity contribution in [3.05, 3.63) is 53.6 Å². The number of amidine groups is 2. The van der Waals surface area contributed by atoms with E-state index in [0.717, 1.165) is 31.9 Å². The maximum absolute atomic E-state index is 6.10. The van der Waals surface area contributed by atoms with Gasteiger partial charge in [0, 0.05) is 28.8 Å². The van der Waals surface area contributed by atoms with Crippen molar-refractivity contribution in [2.24, 2.45) is 21.5 Å². The normalized spacial score (nSPS) is 11.4. The van der Waals surface area contributed by atoms with Crippen LogP contribution in [0.5, 0.6) is 0 Å². The third-order valence-corrected chi connectivity index (χ3v) is 4.97. The van der Waals surface area contributed by atoms with Crippen LogP contribution in [0, 0.1) is 0 Å². The van der Waals surface area contributed by atoms with Gasteiger partial charge in [-0.1, -0.05) is 24.3 Å². The molecule has 31 heavy (non-hydrogen) atoms. The summed E-state index contributed by atoms with van der Waals surface area (Å²) in [5.74, 6) is 1.12. The molecule has 0 unspecified atom stereocenters. The molecule has 3 rings (SSSR count). The summed E-state index contributed by atoms with van der Waals surface area (Å²) in [4.78, 5) is 13.6. The van der Waals surface area contributed by atoms with Gasteiger partial charge in [0.25, 0.3) is 0 Å². The molecule has 2 aromatic carbocycles. The number of hydrogen-bond donors (Lipinski definition) is 2. The third-order valence-electron chi connectivity index (χ3n) is 3.91. The van der Waals surface area contributed by atoms with E-state index in [-0.39, 0.29) is 47.9 Å². The van der Waals surface area contributed by atoms with E-state index in [2.05, 4.69) is 16.1 Å². The predicted molar refractivity (Wildman–Crippen MR) is 139 cm³/mol. The molecule has 0 saturated carbocycles. The Hall–Kier alpha value is -2.23. The second kappa shape index (κ2) is 13.2. The monoisotopic (exact) mass is 487 g/mol. The highest BCUT2D eigenvalue weighted by molar-refractivity contribution is 7.21. The minimum Gasteiger partial charge on any atom is -0.412 e. The Morgan fingerprint density at radius 3 is 1.81 bits per heavy atom. The molecule has 0 amide bonds. The van der Waals surface area contributed by atoms with Crippen LogP contribution in [0.15, 0.2) is 52.4 Å². The number of fused-ring (bicyclic) bond motifs is 1. The molecule has 0 spiro atoms. The quantitative estimate of drug-likeness (QED) is 0.418. The highest BCUT2D eigenvalue weighted by Crippen LogP contribution is 2.31. The molecule has 0 aliphatic carbocycles. The van der Waals surface area contributed by atoms with Crippen LogP contribution in [-0.2, 0) is 0 Å². The number of hydrogen-bond acceptors (Lipinski definition) is 4. The number of nitrogens with two attached hydrogens (primary N) is 2. The van der Waals surface area contributed by atoms with Crippen molar-refractivity contribution in [3.8, 4) is 10.6 Å². The van der Waals surface area contributed by atoms with Crippen LogP contribution in [0.4, 0.5) is 0 Å². The summed E-state index contributed by atoms with van der Waals surface area (Å²) in [6, 6.07) is 14.4. The van der Waals surface area contributed by atoms with Gasteiger partial charge >= 0.3 is 0 Å². The van der Waals surface area contributed by atoms with Crippen LogP contribution < -0.4 is 11.5 Å². The molecule has 0 radical (unpaired) electrons. The van der Waals surface area contributed by atoms with Gasteiger partial charge in [-0.3, -0.25) is 9.98 Å². The van der Waals surface area contributed by atoms with Gasteiger partial charge in [0.05, 0.1) is 10.2 Å². The molecule has 0 saturated heterocycles. The maximum Gasteiger partial charge on any atom is 0.125 e. The van der Waals surface area contributed by atoms with Crippen molar-refractivity contribution in [2.75, 3.05) is 0 Å². The first-order chi connectivity index (χ1) is 12.8. The summed E-state index contributed by atoms with van der Waals surface area (Å²) in [5, 5.41) is 0.965. The Labute approximate surface area is 199 Å². The second-order valence-electron chi connectivity index (χ2n) is 7.00. The third kappa shape index (κ3) is 7.75. The van der Waals surface area contributed by atoms with Crippen molar-refractivity contribution >= 4 is 58.0 Å². The van der Waals surface area contributed by atoms with Crippen LogP contribution in [0.3, 0.4) is 0 Å². The molecular weight excluding hydrogens is 457 g/mol. The number of rotatable bonds is 5. The summed E-state index contributed by atoms with van der Waals surface area (Å²) >= 11 is 1.64. The molecule has 0 fully saturated rings. The van der Waals surface area contributed by atoms with E-state index in [4.69, 9.17) is 16.5 Å². The molecule has 0 aliphatic heterocycles. The van der Waals surface area contributed by atoms with Crippen LogP contribution in [0.25, 0.3) is 20.8 Å². The summed E-state index contributed by atoms with van der Waals surface area (Å²) in [5.41, 5.74) is 16.0. The van der Waals surface area contributed by atoms with Gasteiger partial charge in [0.2, 0.25) is 0 Å². The molecule has 0 bridgehead atoms. The number of nitrogens with zero attached hydrogens (tertiary/aromatic N) is 3. The minimum atomic E-state index is 0. The summed E-state index contributed by atoms with van der Waals surface area (Å²) in [7, 11) is 0. The Bertz CT molecular complexity index is 1020. The summed E-state index contributed by atoms with van der Waals surface area (Å²) in [6.45, 7) is 8.04. The van der Waals surface area contributed by atoms with E-state index >= 15 is 0 Å². The van der Waals surface area contributed by atoms with Crippen LogP contribution >= 0.6 is 36.2 Å². The Kier molecular flexibility index (Phi) is 13.2. The molecule has 7 nitrogen and oxygen atoms in total. The number of benzene rings is 2. The fourth-order valence-corrected chi connectivity index (χ4v) is 3.71. The van der Waals surface area contributed by atoms with E-state index < -0.39 is 0 Å². The average Bonchev–Trinajstić information content (AvgIpc) is 3.04. The largest absolute Gasteiger partial charge is 0.412 e. The zero-order valence-electron chi connectivity index (χ0n) is 17.9. The Morgan fingerprint density at radius 2 is 1.29 bits per heavy atom. The van der Waals surface area contributed by atoms with Crippen molar-refractivity contribution in [1.29, 1.82) is 0 Å². The number of aliphatic imine (C=N–C) groups is 2. The molecule has 3 aromatic rings. The average molecular weight is 488 g/mol. The lowest BCUT2D eigenvalue weighted by Gasteiger charge is -2.04. The highest BCUT2D eigenvalue weighted by Gasteiger charge is 2.09. The molecule has 0 aliphatic rings. The van der Waals surface area contributed by atoms with E-state index in [0.29, 0.717) is 11.7 Å². The van der Waals surface area contributed by atoms with Gasteiger partial charge in [0.1, 0.15) is 16.7 Å². The summed E-state index contributed by atoms with van der Waals surface area (Å²) < 4.78 is 1.09. The standard InChI is InChI=1S/C21H25N5S.2ClH.2H2O/c1-12(2)24-19(22)14-5-7-15(8-6-14)21-26-17-10-9-16(11-18(17)27-21)20(23)25-13(3)4;;;;/h5-13H,1-4H3,(H2,22,24)(H2,23,25);2*1H;2*1H2. The van der Waals surface area contributed by atoms with Gasteiger partial charge < -0.3 is 22.4 Å². The minimum absolute atomic E-state index is 0. The van der Waals surface area contributed by atoms with Crippen LogP contribution in [0.1, 0.15) is 38.8 Å². The SMILES string of the molecule is CC(C)N=C(N)c1ccc(-c2nc3ccc(C(N)=NC(C)C)cc3s2)cc1.Cl.Cl.O.O. The zero-order chi connectivity index (χ0) is 19.6. The smallest absolute Gasteiger partial charge is 0.125 e. The highest BCUT2D eigenvalue weighted by atomic mass is 35.5. The zero-order valence-corrected chi connectivity index (χ0v) is 20.4. The molecule has 8 N–H and O–H groups in total. The van der Waals surface area contributed by atoms with Crippen molar-refractivity contribution < 1.29 is 11.0 Å². The van der Waals surface area contributed by atoms with Crippen molar-refractivity contribution in [3.63, 3.8) is 0 Å². The number of thiazole rings is 1. The molecule has 10 heteroatoms. The molecule has 1 aromatic heterocycles. The molecule has 0 atom stereocenters. The van der Waals surface area contributed by atoms with E-state index in [1.807, 2.05) is 64.1 Å². The first-order valence-corrected chi connectivity index (χ1v) is 9.83. The number of aromatic nitrogens is 1. The lowest BCUT2D eigenvalue weighted by Crippen LogP contribution is -2.15. The van der Waals surface area contributed by atoms with Crippen molar-refractivity contribution in [2.45, 2.75) is 39.8 Å². The van der Waals surface area contributed by atoms with Gasteiger partial charge in [0.15, 0.2) is 0 Å². The van der Waals surface area contributed by atoms with Gasteiger partial charge in [-0.25, -0.2) is 4.98 Å². The second-order valence-corrected chi connectivity index (χ2v) is 8.03. The number of halogens is 2. The predicted octanol–water partition coefficient (Wildman–Crippen LogP) is 3.38. The van der Waals surface area contributed by atoms with E-state index in [1.165, 1.54) is 0 Å². The Balaban J connectivity index is 0. The lowest BCUT2D eigenvalue weighted by atomic mass is 10.1. The van der Waals surface area contributed by atoms with Gasteiger partial charge in [-0.2, -0.15) is 0 Å². The fourth-order valence-electron chi connectivity index (χ4n) is 2.70. The topological polar surface area (TPSA) is 153 Å².